The van der Waals surface area contributed by atoms with E-state index in [0.717, 1.165) is 25.7 Å². The number of alkyl halides is 2. The molecule has 0 spiro atoms. The third-order valence-corrected chi connectivity index (χ3v) is 4.86. The summed E-state index contributed by atoms with van der Waals surface area (Å²) in [4.78, 5) is 0. The summed E-state index contributed by atoms with van der Waals surface area (Å²) in [6.45, 7) is -0.00826. The summed E-state index contributed by atoms with van der Waals surface area (Å²) in [5, 5.41) is 12.5. The standard InChI is InChI=1S/C16H21F2NO/c17-16(18)14(20)9-19-15-12-5-6-13(15)8-11-4-2-1-3-10(11)7-12/h1-4,12-16,19-20H,5-9H2. The lowest BCUT2D eigenvalue weighted by Gasteiger charge is -2.25. The molecule has 1 saturated carbocycles. The van der Waals surface area contributed by atoms with Gasteiger partial charge in [0.15, 0.2) is 0 Å². The summed E-state index contributed by atoms with van der Waals surface area (Å²) < 4.78 is 24.8. The minimum absolute atomic E-state index is 0.00826. The Balaban J connectivity index is 1.69. The van der Waals surface area contributed by atoms with E-state index in [1.165, 1.54) is 11.1 Å². The number of fused-ring (bicyclic) bond motifs is 3. The maximum atomic E-state index is 12.4. The Kier molecular flexibility index (Phi) is 4.03. The van der Waals surface area contributed by atoms with Crippen LogP contribution >= 0.6 is 0 Å². The topological polar surface area (TPSA) is 32.3 Å². The Hall–Kier alpha value is -1.00. The van der Waals surface area contributed by atoms with Crippen LogP contribution in [0, 0.1) is 11.8 Å². The average molecular weight is 281 g/mol. The van der Waals surface area contributed by atoms with Crippen LogP contribution in [-0.4, -0.2) is 30.2 Å². The summed E-state index contributed by atoms with van der Waals surface area (Å²) in [5.41, 5.74) is 2.81. The van der Waals surface area contributed by atoms with E-state index in [2.05, 4.69) is 29.6 Å². The van der Waals surface area contributed by atoms with Crippen LogP contribution in [0.15, 0.2) is 24.3 Å². The van der Waals surface area contributed by atoms with Crippen molar-refractivity contribution >= 4 is 0 Å². The molecular formula is C16H21F2NO. The van der Waals surface area contributed by atoms with Crippen molar-refractivity contribution in [1.82, 2.24) is 5.32 Å². The summed E-state index contributed by atoms with van der Waals surface area (Å²) in [7, 11) is 0. The van der Waals surface area contributed by atoms with Crippen LogP contribution in [0.3, 0.4) is 0 Å². The molecule has 2 bridgehead atoms. The second-order valence-electron chi connectivity index (χ2n) is 6.11. The first-order valence-corrected chi connectivity index (χ1v) is 7.41. The highest BCUT2D eigenvalue weighted by Crippen LogP contribution is 2.39. The monoisotopic (exact) mass is 281 g/mol. The maximum absolute atomic E-state index is 12.4. The van der Waals surface area contributed by atoms with Gasteiger partial charge in [0.25, 0.3) is 6.43 Å². The highest BCUT2D eigenvalue weighted by molar-refractivity contribution is 5.30. The summed E-state index contributed by atoms with van der Waals surface area (Å²) >= 11 is 0. The van der Waals surface area contributed by atoms with Gasteiger partial charge in [-0.25, -0.2) is 8.78 Å². The molecule has 2 N–H and O–H groups in total. The van der Waals surface area contributed by atoms with Crippen molar-refractivity contribution in [2.45, 2.75) is 44.3 Å². The van der Waals surface area contributed by atoms with Crippen LogP contribution in [0.1, 0.15) is 24.0 Å². The van der Waals surface area contributed by atoms with Gasteiger partial charge in [0, 0.05) is 12.6 Å². The average Bonchev–Trinajstić information content (AvgIpc) is 2.70. The van der Waals surface area contributed by atoms with Crippen molar-refractivity contribution in [3.05, 3.63) is 35.4 Å². The van der Waals surface area contributed by atoms with Gasteiger partial charge in [-0.1, -0.05) is 24.3 Å². The van der Waals surface area contributed by atoms with E-state index in [1.807, 2.05) is 0 Å². The molecule has 110 valence electrons. The van der Waals surface area contributed by atoms with Crippen LogP contribution in [0.25, 0.3) is 0 Å². The van der Waals surface area contributed by atoms with Gasteiger partial charge in [-0.05, 0) is 48.6 Å². The van der Waals surface area contributed by atoms with Crippen LogP contribution in [0.2, 0.25) is 0 Å². The first-order chi connectivity index (χ1) is 9.65. The second kappa shape index (κ2) is 5.78. The van der Waals surface area contributed by atoms with Gasteiger partial charge in [0.2, 0.25) is 0 Å². The molecule has 0 radical (unpaired) electrons. The smallest absolute Gasteiger partial charge is 0.265 e. The van der Waals surface area contributed by atoms with Crippen LogP contribution < -0.4 is 5.32 Å². The van der Waals surface area contributed by atoms with Gasteiger partial charge < -0.3 is 10.4 Å². The number of halogens is 2. The van der Waals surface area contributed by atoms with E-state index in [1.54, 1.807) is 0 Å². The van der Waals surface area contributed by atoms with Gasteiger partial charge >= 0.3 is 0 Å². The van der Waals surface area contributed by atoms with E-state index in [-0.39, 0.29) is 12.6 Å². The minimum Gasteiger partial charge on any atom is -0.386 e. The second-order valence-corrected chi connectivity index (χ2v) is 6.11. The molecule has 3 atom stereocenters. The third kappa shape index (κ3) is 2.72. The Morgan fingerprint density at radius 1 is 1.10 bits per heavy atom. The van der Waals surface area contributed by atoms with Crippen molar-refractivity contribution in [1.29, 1.82) is 0 Å². The molecule has 2 nitrogen and oxygen atoms in total. The number of nitrogens with one attached hydrogen (secondary N) is 1. The molecule has 2 aliphatic carbocycles. The molecule has 0 saturated heterocycles. The van der Waals surface area contributed by atoms with Crippen molar-refractivity contribution in [3.63, 3.8) is 0 Å². The van der Waals surface area contributed by atoms with E-state index >= 15 is 0 Å². The lowest BCUT2D eigenvalue weighted by Crippen LogP contribution is -2.43. The van der Waals surface area contributed by atoms with Gasteiger partial charge in [-0.2, -0.15) is 0 Å². The highest BCUT2D eigenvalue weighted by atomic mass is 19.3. The molecule has 1 aromatic carbocycles. The molecule has 1 aromatic rings. The van der Waals surface area contributed by atoms with Crippen molar-refractivity contribution in [2.75, 3.05) is 6.54 Å². The molecular weight excluding hydrogens is 260 g/mol. The van der Waals surface area contributed by atoms with E-state index < -0.39 is 12.5 Å². The van der Waals surface area contributed by atoms with Gasteiger partial charge in [0.1, 0.15) is 6.10 Å². The normalized spacial score (nSPS) is 30.1. The fourth-order valence-electron chi connectivity index (χ4n) is 3.83. The van der Waals surface area contributed by atoms with Crippen LogP contribution in [0.5, 0.6) is 0 Å². The maximum Gasteiger partial charge on any atom is 0.265 e. The summed E-state index contributed by atoms with van der Waals surface area (Å²) in [5.74, 6) is 1.02. The number of benzene rings is 1. The van der Waals surface area contributed by atoms with Gasteiger partial charge in [-0.15, -0.1) is 0 Å². The minimum atomic E-state index is -2.66. The Morgan fingerprint density at radius 3 is 2.15 bits per heavy atom. The molecule has 0 aromatic heterocycles. The van der Waals surface area contributed by atoms with Crippen molar-refractivity contribution in [2.24, 2.45) is 11.8 Å². The number of hydrogen-bond acceptors (Lipinski definition) is 2. The molecule has 0 amide bonds. The van der Waals surface area contributed by atoms with Gasteiger partial charge in [-0.3, -0.25) is 0 Å². The quantitative estimate of drug-likeness (QED) is 0.888. The van der Waals surface area contributed by atoms with Crippen molar-refractivity contribution in [3.8, 4) is 0 Å². The van der Waals surface area contributed by atoms with E-state index in [9.17, 15) is 13.9 Å². The molecule has 4 heteroatoms. The molecule has 3 rings (SSSR count). The fraction of sp³-hybridized carbons (Fsp3) is 0.625. The molecule has 3 unspecified atom stereocenters. The first kappa shape index (κ1) is 14.0. The zero-order valence-electron chi connectivity index (χ0n) is 11.4. The zero-order chi connectivity index (χ0) is 14.1. The molecule has 0 aliphatic heterocycles. The van der Waals surface area contributed by atoms with Crippen molar-refractivity contribution < 1.29 is 13.9 Å². The summed E-state index contributed by atoms with van der Waals surface area (Å²) in [6.07, 6.45) is 0.135. The predicted octanol–water partition coefficient (Wildman–Crippen LogP) is 2.40. The van der Waals surface area contributed by atoms with E-state index in [0.29, 0.717) is 11.8 Å². The predicted molar refractivity (Wildman–Crippen MR) is 73.9 cm³/mol. The SMILES string of the molecule is OC(CNC1C2CCC1Cc1ccccc1C2)C(F)F. The highest BCUT2D eigenvalue weighted by Gasteiger charge is 2.39. The number of aliphatic hydroxyl groups is 1. The van der Waals surface area contributed by atoms with Gasteiger partial charge in [0.05, 0.1) is 0 Å². The molecule has 2 aliphatic rings. The first-order valence-electron chi connectivity index (χ1n) is 7.41. The number of hydrogen-bond donors (Lipinski definition) is 2. The Labute approximate surface area is 118 Å². The lowest BCUT2D eigenvalue weighted by molar-refractivity contribution is -0.00593. The zero-order valence-corrected chi connectivity index (χ0v) is 11.4. The number of aliphatic hydroxyl groups excluding tert-OH is 1. The summed E-state index contributed by atoms with van der Waals surface area (Å²) in [6, 6.07) is 8.76. The Bertz CT molecular complexity index is 433. The van der Waals surface area contributed by atoms with Crippen LogP contribution in [-0.2, 0) is 12.8 Å². The molecule has 0 heterocycles. The Morgan fingerprint density at radius 2 is 1.65 bits per heavy atom. The van der Waals surface area contributed by atoms with Crippen LogP contribution in [0.4, 0.5) is 8.78 Å². The lowest BCUT2D eigenvalue weighted by atomic mass is 9.94. The molecule has 1 fully saturated rings. The molecule has 20 heavy (non-hydrogen) atoms. The largest absolute Gasteiger partial charge is 0.386 e. The van der Waals surface area contributed by atoms with E-state index in [4.69, 9.17) is 0 Å². The number of rotatable bonds is 4. The fourth-order valence-corrected chi connectivity index (χ4v) is 3.83. The third-order valence-electron chi connectivity index (χ3n) is 4.86.